The van der Waals surface area contributed by atoms with Crippen LogP contribution in [0.1, 0.15) is 25.0 Å². The van der Waals surface area contributed by atoms with E-state index in [9.17, 15) is 18.3 Å². The number of nitrogens with zero attached hydrogens (tertiary/aromatic N) is 7. The first-order valence-corrected chi connectivity index (χ1v) is 7.76. The molecule has 0 aliphatic rings. The third-order valence-corrected chi connectivity index (χ3v) is 3.98. The molecule has 0 atom stereocenters. The van der Waals surface area contributed by atoms with Crippen LogP contribution >= 0.6 is 11.8 Å². The second-order valence-corrected chi connectivity index (χ2v) is 5.76. The maximum Gasteiger partial charge on any atom is 0.453 e. The second-order valence-electron chi connectivity index (χ2n) is 4.77. The van der Waals surface area contributed by atoms with Crippen molar-refractivity contribution in [3.05, 3.63) is 23.8 Å². The average Bonchev–Trinajstić information content (AvgIpc) is 3.11. The largest absolute Gasteiger partial charge is 0.453 e. The lowest BCUT2D eigenvalue weighted by atomic mass is 10.4. The maximum absolute atomic E-state index is 12.9. The summed E-state index contributed by atoms with van der Waals surface area (Å²) in [7, 11) is 0. The Morgan fingerprint density at radius 2 is 1.96 bits per heavy atom. The molecule has 0 saturated heterocycles. The minimum absolute atomic E-state index is 0.00209. The quantitative estimate of drug-likeness (QED) is 0.742. The summed E-state index contributed by atoms with van der Waals surface area (Å²) in [6.45, 7) is 2.25. The smallest absolute Gasteiger partial charge is 0.388 e. The number of alkyl halides is 3. The lowest BCUT2D eigenvalue weighted by molar-refractivity contribution is -0.146. The van der Waals surface area contributed by atoms with Gasteiger partial charge in [0.2, 0.25) is 0 Å². The highest BCUT2D eigenvalue weighted by Crippen LogP contribution is 2.29. The Kier molecular flexibility index (Phi) is 4.41. The van der Waals surface area contributed by atoms with Crippen LogP contribution in [0.15, 0.2) is 22.3 Å². The van der Waals surface area contributed by atoms with Gasteiger partial charge in [-0.25, -0.2) is 0 Å². The summed E-state index contributed by atoms with van der Waals surface area (Å²) in [6, 6.07) is 2.92. The minimum atomic E-state index is -4.65. The van der Waals surface area contributed by atoms with E-state index in [4.69, 9.17) is 0 Å². The van der Waals surface area contributed by atoms with Gasteiger partial charge in [-0.05, 0) is 30.3 Å². The Hall–Kier alpha value is -2.21. The third-order valence-electron chi connectivity index (χ3n) is 3.07. The fraction of sp³-hybridized carbons (Fsp3) is 0.417. The van der Waals surface area contributed by atoms with E-state index in [2.05, 4.69) is 25.5 Å². The number of rotatable bonds is 5. The standard InChI is InChI=1S/C12H12F3N7OS/c1-2-5-21-8(6-23)17-19-11(21)24-9-4-3-7-16-18-10(12(13,14)15)22(7)20-9/h3-4,23H,2,5-6H2,1H3. The Labute approximate surface area is 137 Å². The molecule has 1 N–H and O–H groups in total. The number of hydrogen-bond donors (Lipinski definition) is 1. The van der Waals surface area contributed by atoms with Gasteiger partial charge in [-0.1, -0.05) is 6.92 Å². The second kappa shape index (κ2) is 6.36. The summed E-state index contributed by atoms with van der Waals surface area (Å²) in [4.78, 5) is 0. The molecule has 0 fully saturated rings. The topological polar surface area (TPSA) is 94.0 Å². The number of fused-ring (bicyclic) bond motifs is 1. The Morgan fingerprint density at radius 3 is 2.62 bits per heavy atom. The summed E-state index contributed by atoms with van der Waals surface area (Å²) in [6.07, 6.45) is -3.86. The molecule has 3 heterocycles. The molecular weight excluding hydrogens is 347 g/mol. The molecule has 0 unspecified atom stereocenters. The first-order chi connectivity index (χ1) is 11.4. The average molecular weight is 359 g/mol. The summed E-state index contributed by atoms with van der Waals surface area (Å²) in [5, 5.41) is 28.3. The van der Waals surface area contributed by atoms with Crippen molar-refractivity contribution in [3.8, 4) is 0 Å². The zero-order chi connectivity index (χ0) is 17.3. The summed E-state index contributed by atoms with van der Waals surface area (Å²) in [5.41, 5.74) is -0.00209. The van der Waals surface area contributed by atoms with Crippen LogP contribution in [-0.2, 0) is 19.3 Å². The molecule has 0 radical (unpaired) electrons. The predicted octanol–water partition coefficient (Wildman–Crippen LogP) is 1.79. The molecule has 0 aliphatic heterocycles. The summed E-state index contributed by atoms with van der Waals surface area (Å²) >= 11 is 1.05. The van der Waals surface area contributed by atoms with Gasteiger partial charge in [-0.15, -0.1) is 20.4 Å². The van der Waals surface area contributed by atoms with Gasteiger partial charge in [0.25, 0.3) is 5.82 Å². The maximum atomic E-state index is 12.9. The number of hydrogen-bond acceptors (Lipinski definition) is 7. The van der Waals surface area contributed by atoms with E-state index < -0.39 is 12.0 Å². The van der Waals surface area contributed by atoms with Crippen molar-refractivity contribution >= 4 is 17.4 Å². The van der Waals surface area contributed by atoms with E-state index in [1.54, 1.807) is 4.57 Å². The van der Waals surface area contributed by atoms with Crippen molar-refractivity contribution in [2.75, 3.05) is 0 Å². The van der Waals surface area contributed by atoms with Crippen molar-refractivity contribution < 1.29 is 18.3 Å². The van der Waals surface area contributed by atoms with Crippen LogP contribution in [0, 0.1) is 0 Å². The number of halogens is 3. The van der Waals surface area contributed by atoms with Gasteiger partial charge in [0.05, 0.1) is 0 Å². The fourth-order valence-corrected chi connectivity index (χ4v) is 2.89. The molecule has 128 valence electrons. The van der Waals surface area contributed by atoms with Crippen LogP contribution in [0.5, 0.6) is 0 Å². The van der Waals surface area contributed by atoms with Gasteiger partial charge in [-0.2, -0.15) is 22.8 Å². The molecule has 3 rings (SSSR count). The zero-order valence-corrected chi connectivity index (χ0v) is 13.2. The predicted molar refractivity (Wildman–Crippen MR) is 76.1 cm³/mol. The highest BCUT2D eigenvalue weighted by Gasteiger charge is 2.37. The van der Waals surface area contributed by atoms with Crippen molar-refractivity contribution in [1.82, 2.24) is 34.6 Å². The molecule has 0 aromatic carbocycles. The van der Waals surface area contributed by atoms with E-state index in [0.29, 0.717) is 22.0 Å². The van der Waals surface area contributed by atoms with Gasteiger partial charge < -0.3 is 9.67 Å². The van der Waals surface area contributed by atoms with E-state index in [-0.39, 0.29) is 17.3 Å². The van der Waals surface area contributed by atoms with Crippen molar-refractivity contribution in [1.29, 1.82) is 0 Å². The molecule has 0 spiro atoms. The van der Waals surface area contributed by atoms with E-state index in [1.807, 2.05) is 6.92 Å². The lowest BCUT2D eigenvalue weighted by Crippen LogP contribution is -2.12. The first-order valence-electron chi connectivity index (χ1n) is 6.94. The number of aromatic nitrogens is 7. The molecular formula is C12H12F3N7OS. The first kappa shape index (κ1) is 16.6. The van der Waals surface area contributed by atoms with Crippen molar-refractivity contribution in [3.63, 3.8) is 0 Å². The normalized spacial score (nSPS) is 12.2. The summed E-state index contributed by atoms with van der Waals surface area (Å²) < 4.78 is 41.0. The highest BCUT2D eigenvalue weighted by molar-refractivity contribution is 7.99. The van der Waals surface area contributed by atoms with Crippen LogP contribution < -0.4 is 0 Å². The summed E-state index contributed by atoms with van der Waals surface area (Å²) in [5.74, 6) is -0.799. The lowest BCUT2D eigenvalue weighted by Gasteiger charge is -2.07. The Morgan fingerprint density at radius 1 is 1.17 bits per heavy atom. The molecule has 8 nitrogen and oxygen atoms in total. The highest BCUT2D eigenvalue weighted by atomic mass is 32.2. The van der Waals surface area contributed by atoms with Crippen molar-refractivity contribution in [2.45, 2.75) is 42.9 Å². The molecule has 0 amide bonds. The molecule has 3 aromatic heterocycles. The van der Waals surface area contributed by atoms with Gasteiger partial charge >= 0.3 is 6.18 Å². The van der Waals surface area contributed by atoms with Crippen molar-refractivity contribution in [2.24, 2.45) is 0 Å². The number of aliphatic hydroxyl groups excluding tert-OH is 1. The van der Waals surface area contributed by atoms with Gasteiger partial charge in [0, 0.05) is 6.54 Å². The molecule has 0 aliphatic carbocycles. The molecule has 3 aromatic rings. The van der Waals surface area contributed by atoms with Gasteiger partial charge in [0.1, 0.15) is 11.6 Å². The van der Waals surface area contributed by atoms with Gasteiger partial charge in [-0.3, -0.25) is 0 Å². The van der Waals surface area contributed by atoms with Gasteiger partial charge in [0.15, 0.2) is 16.6 Å². The SMILES string of the molecule is CCCn1c(CO)nnc1Sc1ccc2nnc(C(F)(F)F)n2n1. The Balaban J connectivity index is 1.98. The molecule has 0 saturated carbocycles. The monoisotopic (exact) mass is 359 g/mol. The van der Waals surface area contributed by atoms with Crippen LogP contribution in [0.3, 0.4) is 0 Å². The minimum Gasteiger partial charge on any atom is -0.388 e. The van der Waals surface area contributed by atoms with Crippen LogP contribution in [0.2, 0.25) is 0 Å². The Bertz CT molecular complexity index is 860. The van der Waals surface area contributed by atoms with Crippen LogP contribution in [-0.4, -0.2) is 39.7 Å². The van der Waals surface area contributed by atoms with E-state index in [1.165, 1.54) is 12.1 Å². The molecule has 12 heteroatoms. The zero-order valence-electron chi connectivity index (χ0n) is 12.4. The molecule has 0 bridgehead atoms. The fourth-order valence-electron chi connectivity index (χ4n) is 2.06. The van der Waals surface area contributed by atoms with Crippen LogP contribution in [0.4, 0.5) is 13.2 Å². The van der Waals surface area contributed by atoms with E-state index in [0.717, 1.165) is 18.2 Å². The number of aliphatic hydroxyl groups is 1. The van der Waals surface area contributed by atoms with Crippen LogP contribution in [0.25, 0.3) is 5.65 Å². The third kappa shape index (κ3) is 3.06. The molecule has 24 heavy (non-hydrogen) atoms. The van der Waals surface area contributed by atoms with E-state index >= 15 is 0 Å².